The lowest BCUT2D eigenvalue weighted by Crippen LogP contribution is -2.31. The standard InChI is InChI=1S/C16H15FN2O2/c1-12-5-6-13(10-15(12)17)16(20)19(8-3-7-18)11-14-4-2-9-21-14/h2,4-6,9-10H,3,8,11H2,1H3. The molecule has 0 aliphatic rings. The van der Waals surface area contributed by atoms with Crippen LogP contribution in [-0.2, 0) is 6.54 Å². The van der Waals surface area contributed by atoms with Crippen LogP contribution in [0.1, 0.15) is 28.1 Å². The van der Waals surface area contributed by atoms with Crippen molar-refractivity contribution in [1.29, 1.82) is 5.26 Å². The normalized spacial score (nSPS) is 10.1. The van der Waals surface area contributed by atoms with Gasteiger partial charge in [0.2, 0.25) is 0 Å². The molecule has 1 aromatic heterocycles. The fourth-order valence-electron chi connectivity index (χ4n) is 1.94. The Bertz CT molecular complexity index is 659. The van der Waals surface area contributed by atoms with Crippen LogP contribution in [0, 0.1) is 24.1 Å². The average Bonchev–Trinajstić information content (AvgIpc) is 2.98. The van der Waals surface area contributed by atoms with Crippen molar-refractivity contribution in [2.45, 2.75) is 19.9 Å². The van der Waals surface area contributed by atoms with E-state index in [1.807, 2.05) is 6.07 Å². The predicted molar refractivity (Wildman–Crippen MR) is 74.8 cm³/mol. The third kappa shape index (κ3) is 3.69. The fourth-order valence-corrected chi connectivity index (χ4v) is 1.94. The van der Waals surface area contributed by atoms with Gasteiger partial charge in [-0.25, -0.2) is 4.39 Å². The number of nitrogens with zero attached hydrogens (tertiary/aromatic N) is 2. The van der Waals surface area contributed by atoms with Crippen LogP contribution in [0.2, 0.25) is 0 Å². The smallest absolute Gasteiger partial charge is 0.254 e. The van der Waals surface area contributed by atoms with E-state index in [-0.39, 0.29) is 31.0 Å². The molecule has 1 aromatic carbocycles. The van der Waals surface area contributed by atoms with Gasteiger partial charge in [-0.1, -0.05) is 6.07 Å². The molecule has 0 bridgehead atoms. The number of benzene rings is 1. The van der Waals surface area contributed by atoms with Gasteiger partial charge in [0.1, 0.15) is 11.6 Å². The topological polar surface area (TPSA) is 57.2 Å². The second-order valence-electron chi connectivity index (χ2n) is 4.68. The highest BCUT2D eigenvalue weighted by Crippen LogP contribution is 2.14. The van der Waals surface area contributed by atoms with Gasteiger partial charge in [-0.2, -0.15) is 5.26 Å². The van der Waals surface area contributed by atoms with Gasteiger partial charge in [-0.15, -0.1) is 0 Å². The Balaban J connectivity index is 2.20. The Hall–Kier alpha value is -2.61. The van der Waals surface area contributed by atoms with Crippen molar-refractivity contribution < 1.29 is 13.6 Å². The zero-order valence-corrected chi connectivity index (χ0v) is 11.7. The molecule has 0 atom stereocenters. The minimum absolute atomic E-state index is 0.209. The third-order valence-electron chi connectivity index (χ3n) is 3.13. The molecule has 1 amide bonds. The molecular weight excluding hydrogens is 271 g/mol. The average molecular weight is 286 g/mol. The minimum atomic E-state index is -0.418. The van der Waals surface area contributed by atoms with Gasteiger partial charge in [0, 0.05) is 12.1 Å². The van der Waals surface area contributed by atoms with E-state index in [1.54, 1.807) is 31.2 Å². The van der Waals surface area contributed by atoms with Crippen LogP contribution in [0.4, 0.5) is 4.39 Å². The summed E-state index contributed by atoms with van der Waals surface area (Å²) in [4.78, 5) is 13.9. The van der Waals surface area contributed by atoms with Crippen molar-refractivity contribution >= 4 is 5.91 Å². The number of nitriles is 1. The summed E-state index contributed by atoms with van der Waals surface area (Å²) in [5, 5.41) is 8.70. The molecule has 1 heterocycles. The van der Waals surface area contributed by atoms with Crippen LogP contribution in [0.15, 0.2) is 41.0 Å². The van der Waals surface area contributed by atoms with Gasteiger partial charge in [0.15, 0.2) is 0 Å². The second-order valence-corrected chi connectivity index (χ2v) is 4.68. The summed E-state index contributed by atoms with van der Waals surface area (Å²) in [6.07, 6.45) is 1.73. The number of hydrogen-bond acceptors (Lipinski definition) is 3. The van der Waals surface area contributed by atoms with Crippen LogP contribution >= 0.6 is 0 Å². The SMILES string of the molecule is Cc1ccc(C(=O)N(CCC#N)Cc2ccco2)cc1F. The number of hydrogen-bond donors (Lipinski definition) is 0. The molecule has 4 nitrogen and oxygen atoms in total. The van der Waals surface area contributed by atoms with Crippen molar-refractivity contribution in [3.05, 3.63) is 59.3 Å². The molecular formula is C16H15FN2O2. The fraction of sp³-hybridized carbons (Fsp3) is 0.250. The molecule has 5 heteroatoms. The number of halogens is 1. The first-order valence-corrected chi connectivity index (χ1v) is 6.56. The van der Waals surface area contributed by atoms with E-state index in [2.05, 4.69) is 0 Å². The summed E-state index contributed by atoms with van der Waals surface area (Å²) in [5.41, 5.74) is 0.753. The third-order valence-corrected chi connectivity index (χ3v) is 3.13. The molecule has 0 spiro atoms. The number of aryl methyl sites for hydroxylation is 1. The number of rotatable bonds is 5. The first-order valence-electron chi connectivity index (χ1n) is 6.56. The number of amides is 1. The molecule has 2 aromatic rings. The Labute approximate surface area is 122 Å². The Morgan fingerprint density at radius 1 is 1.43 bits per heavy atom. The van der Waals surface area contributed by atoms with E-state index < -0.39 is 5.82 Å². The summed E-state index contributed by atoms with van der Waals surface area (Å²) in [7, 11) is 0. The molecule has 0 fully saturated rings. The summed E-state index contributed by atoms with van der Waals surface area (Å²) >= 11 is 0. The number of furan rings is 1. The zero-order chi connectivity index (χ0) is 15.2. The van der Waals surface area contributed by atoms with Gasteiger partial charge in [0.25, 0.3) is 5.91 Å². The Morgan fingerprint density at radius 3 is 2.86 bits per heavy atom. The Kier molecular flexibility index (Phi) is 4.72. The molecule has 0 aliphatic carbocycles. The first-order chi connectivity index (χ1) is 10.1. The second kappa shape index (κ2) is 6.71. The monoisotopic (exact) mass is 286 g/mol. The van der Waals surface area contributed by atoms with E-state index in [0.29, 0.717) is 11.3 Å². The zero-order valence-electron chi connectivity index (χ0n) is 11.7. The largest absolute Gasteiger partial charge is 0.467 e. The molecule has 0 unspecified atom stereocenters. The molecule has 2 rings (SSSR count). The molecule has 21 heavy (non-hydrogen) atoms. The van der Waals surface area contributed by atoms with Gasteiger partial charge in [0.05, 0.1) is 25.3 Å². The van der Waals surface area contributed by atoms with Crippen LogP contribution in [0.5, 0.6) is 0 Å². The molecule has 0 aliphatic heterocycles. The van der Waals surface area contributed by atoms with Crippen LogP contribution in [-0.4, -0.2) is 17.4 Å². The van der Waals surface area contributed by atoms with Crippen LogP contribution in [0.25, 0.3) is 0 Å². The van der Waals surface area contributed by atoms with Crippen molar-refractivity contribution in [2.75, 3.05) is 6.54 Å². The van der Waals surface area contributed by atoms with E-state index in [1.165, 1.54) is 17.2 Å². The van der Waals surface area contributed by atoms with Gasteiger partial charge in [-0.05, 0) is 36.8 Å². The van der Waals surface area contributed by atoms with Gasteiger partial charge < -0.3 is 9.32 Å². The predicted octanol–water partition coefficient (Wildman–Crippen LogP) is 3.28. The van der Waals surface area contributed by atoms with Crippen molar-refractivity contribution in [2.24, 2.45) is 0 Å². The van der Waals surface area contributed by atoms with Crippen molar-refractivity contribution in [3.63, 3.8) is 0 Å². The number of carbonyl (C=O) groups is 1. The lowest BCUT2D eigenvalue weighted by Gasteiger charge is -2.20. The highest BCUT2D eigenvalue weighted by atomic mass is 19.1. The maximum Gasteiger partial charge on any atom is 0.254 e. The number of carbonyl (C=O) groups excluding carboxylic acids is 1. The van der Waals surface area contributed by atoms with Gasteiger partial charge in [-0.3, -0.25) is 4.79 Å². The van der Waals surface area contributed by atoms with Crippen molar-refractivity contribution in [1.82, 2.24) is 4.90 Å². The highest BCUT2D eigenvalue weighted by molar-refractivity contribution is 5.94. The van der Waals surface area contributed by atoms with E-state index in [9.17, 15) is 9.18 Å². The van der Waals surface area contributed by atoms with E-state index >= 15 is 0 Å². The van der Waals surface area contributed by atoms with Crippen molar-refractivity contribution in [3.8, 4) is 6.07 Å². The van der Waals surface area contributed by atoms with Crippen LogP contribution < -0.4 is 0 Å². The molecule has 0 radical (unpaired) electrons. The Morgan fingerprint density at radius 2 is 2.24 bits per heavy atom. The molecule has 0 N–H and O–H groups in total. The summed E-state index contributed by atoms with van der Waals surface area (Å²) < 4.78 is 18.8. The van der Waals surface area contributed by atoms with E-state index in [4.69, 9.17) is 9.68 Å². The van der Waals surface area contributed by atoms with E-state index in [0.717, 1.165) is 0 Å². The van der Waals surface area contributed by atoms with Gasteiger partial charge >= 0.3 is 0 Å². The summed E-state index contributed by atoms with van der Waals surface area (Å²) in [5.74, 6) is -0.117. The maximum atomic E-state index is 13.6. The molecule has 108 valence electrons. The van der Waals surface area contributed by atoms with Crippen LogP contribution in [0.3, 0.4) is 0 Å². The maximum absolute atomic E-state index is 13.6. The minimum Gasteiger partial charge on any atom is -0.467 e. The lowest BCUT2D eigenvalue weighted by molar-refractivity contribution is 0.0735. The first kappa shape index (κ1) is 14.8. The molecule has 0 saturated carbocycles. The quantitative estimate of drug-likeness (QED) is 0.847. The summed E-state index contributed by atoms with van der Waals surface area (Å²) in [6, 6.07) is 9.86. The lowest BCUT2D eigenvalue weighted by atomic mass is 10.1. The summed E-state index contributed by atoms with van der Waals surface area (Å²) in [6.45, 7) is 2.16. The molecule has 0 saturated heterocycles. The highest BCUT2D eigenvalue weighted by Gasteiger charge is 2.18.